The molecule has 0 rings (SSSR count). The summed E-state index contributed by atoms with van der Waals surface area (Å²) >= 11 is 5.41. The number of rotatable bonds is 5. The van der Waals surface area contributed by atoms with Gasteiger partial charge in [-0.25, -0.2) is 4.79 Å². The van der Waals surface area contributed by atoms with Gasteiger partial charge in [-0.05, 0) is 14.0 Å². The van der Waals surface area contributed by atoms with Crippen molar-refractivity contribution in [2.24, 2.45) is 0 Å². The predicted octanol–water partition coefficient (Wildman–Crippen LogP) is 0.934. The van der Waals surface area contributed by atoms with Gasteiger partial charge in [0, 0.05) is 18.0 Å². The van der Waals surface area contributed by atoms with Crippen molar-refractivity contribution in [2.45, 2.75) is 6.92 Å². The lowest BCUT2D eigenvalue weighted by Crippen LogP contribution is -2.17. The summed E-state index contributed by atoms with van der Waals surface area (Å²) < 4.78 is 4.87. The molecule has 0 atom stereocenters. The van der Waals surface area contributed by atoms with Crippen LogP contribution in [0.15, 0.2) is 11.6 Å². The van der Waals surface area contributed by atoms with Crippen LogP contribution in [-0.4, -0.2) is 32.0 Å². The minimum Gasteiger partial charge on any atom is -0.461 e. The fourth-order valence-electron chi connectivity index (χ4n) is 0.559. The van der Waals surface area contributed by atoms with Crippen LogP contribution in [-0.2, 0) is 9.53 Å². The normalized spacial score (nSPS) is 11.4. The minimum atomic E-state index is -0.300. The molecule has 0 heterocycles. The summed E-state index contributed by atoms with van der Waals surface area (Å²) in [7, 11) is 1.80. The van der Waals surface area contributed by atoms with Crippen molar-refractivity contribution in [3.8, 4) is 0 Å². The van der Waals surface area contributed by atoms with E-state index in [1.807, 2.05) is 0 Å². The molecule has 0 bridgehead atoms. The fraction of sp³-hybridized carbons (Fsp3) is 0.625. The molecule has 0 unspecified atom stereocenters. The molecule has 4 heteroatoms. The van der Waals surface area contributed by atoms with Crippen LogP contribution in [0.25, 0.3) is 0 Å². The molecule has 0 aliphatic carbocycles. The second-order valence-electron chi connectivity index (χ2n) is 2.28. The molecule has 0 aromatic rings. The summed E-state index contributed by atoms with van der Waals surface area (Å²) in [4.78, 5) is 11.0. The second-order valence-corrected chi connectivity index (χ2v) is 2.59. The highest BCUT2D eigenvalue weighted by molar-refractivity contribution is 6.19. The fourth-order valence-corrected chi connectivity index (χ4v) is 0.790. The molecule has 1 N–H and O–H groups in total. The van der Waals surface area contributed by atoms with E-state index in [1.54, 1.807) is 20.0 Å². The molecule has 0 amide bonds. The number of allylic oxidation sites excluding steroid dienone is 1. The molecule has 0 fully saturated rings. The quantitative estimate of drug-likeness (QED) is 0.304. The zero-order valence-electron chi connectivity index (χ0n) is 7.39. The van der Waals surface area contributed by atoms with Crippen molar-refractivity contribution in [3.63, 3.8) is 0 Å². The lowest BCUT2D eigenvalue weighted by atomic mass is 10.3. The van der Waals surface area contributed by atoms with Crippen LogP contribution in [0.5, 0.6) is 0 Å². The number of halogens is 1. The molecular weight excluding hydrogens is 178 g/mol. The van der Waals surface area contributed by atoms with E-state index >= 15 is 0 Å². The van der Waals surface area contributed by atoms with Gasteiger partial charge in [0.1, 0.15) is 6.61 Å². The van der Waals surface area contributed by atoms with E-state index in [9.17, 15) is 4.79 Å². The molecule has 0 aliphatic rings. The molecule has 0 saturated carbocycles. The monoisotopic (exact) mass is 191 g/mol. The first kappa shape index (κ1) is 11.5. The third-order valence-electron chi connectivity index (χ3n) is 1.29. The van der Waals surface area contributed by atoms with Crippen molar-refractivity contribution in [2.75, 3.05) is 26.1 Å². The Hall–Kier alpha value is -0.540. The predicted molar refractivity (Wildman–Crippen MR) is 49.4 cm³/mol. The Morgan fingerprint density at radius 3 is 2.83 bits per heavy atom. The summed E-state index contributed by atoms with van der Waals surface area (Å²) in [5.74, 6) is 0.0401. The maximum Gasteiger partial charge on any atom is 0.333 e. The standard InChI is InChI=1S/C8H14ClNO2/c1-7(3-4-9)8(11)12-6-5-10-2/h3,10H,4-6H2,1-2H3. The lowest BCUT2D eigenvalue weighted by Gasteiger charge is -2.03. The number of likely N-dealkylation sites (N-methyl/N-ethyl adjacent to an activating group) is 1. The number of hydrogen-bond acceptors (Lipinski definition) is 3. The van der Waals surface area contributed by atoms with Crippen LogP contribution in [0.3, 0.4) is 0 Å². The largest absolute Gasteiger partial charge is 0.461 e. The topological polar surface area (TPSA) is 38.3 Å². The number of ether oxygens (including phenoxy) is 1. The Bertz CT molecular complexity index is 168. The number of carbonyl (C=O) groups excluding carboxylic acids is 1. The Kier molecular flexibility index (Phi) is 6.81. The Labute approximate surface area is 77.7 Å². The summed E-state index contributed by atoms with van der Waals surface area (Å²) in [5.41, 5.74) is 0.557. The Balaban J connectivity index is 3.64. The van der Waals surface area contributed by atoms with E-state index in [0.29, 0.717) is 24.6 Å². The minimum absolute atomic E-state index is 0.300. The van der Waals surface area contributed by atoms with E-state index in [4.69, 9.17) is 16.3 Å². The van der Waals surface area contributed by atoms with Gasteiger partial charge in [-0.3, -0.25) is 0 Å². The Morgan fingerprint density at radius 1 is 1.67 bits per heavy atom. The van der Waals surface area contributed by atoms with Crippen LogP contribution in [0.4, 0.5) is 0 Å². The van der Waals surface area contributed by atoms with Gasteiger partial charge in [-0.15, -0.1) is 11.6 Å². The van der Waals surface area contributed by atoms with Crippen LogP contribution >= 0.6 is 11.6 Å². The summed E-state index contributed by atoms with van der Waals surface area (Å²) in [6.07, 6.45) is 1.63. The molecule has 3 nitrogen and oxygen atoms in total. The van der Waals surface area contributed by atoms with E-state index in [1.165, 1.54) is 0 Å². The number of esters is 1. The van der Waals surface area contributed by atoms with Gasteiger partial charge >= 0.3 is 5.97 Å². The SMILES string of the molecule is CNCCOC(=O)C(C)=CCCl. The van der Waals surface area contributed by atoms with Crippen LogP contribution < -0.4 is 5.32 Å². The first-order valence-corrected chi connectivity index (χ1v) is 4.30. The number of hydrogen-bond donors (Lipinski definition) is 1. The van der Waals surface area contributed by atoms with Crippen molar-refractivity contribution >= 4 is 17.6 Å². The first-order chi connectivity index (χ1) is 5.72. The molecule has 12 heavy (non-hydrogen) atoms. The average Bonchev–Trinajstić information content (AvgIpc) is 2.05. The third kappa shape index (κ3) is 5.16. The van der Waals surface area contributed by atoms with Crippen molar-refractivity contribution in [1.29, 1.82) is 0 Å². The smallest absolute Gasteiger partial charge is 0.333 e. The van der Waals surface area contributed by atoms with E-state index in [2.05, 4.69) is 5.32 Å². The van der Waals surface area contributed by atoms with Gasteiger partial charge in [-0.1, -0.05) is 6.08 Å². The number of alkyl halides is 1. The lowest BCUT2D eigenvalue weighted by molar-refractivity contribution is -0.138. The number of carbonyl (C=O) groups is 1. The van der Waals surface area contributed by atoms with Crippen molar-refractivity contribution < 1.29 is 9.53 Å². The molecule has 0 aromatic carbocycles. The maximum absolute atomic E-state index is 11.0. The van der Waals surface area contributed by atoms with Crippen molar-refractivity contribution in [3.05, 3.63) is 11.6 Å². The van der Waals surface area contributed by atoms with Crippen LogP contribution in [0.2, 0.25) is 0 Å². The van der Waals surface area contributed by atoms with E-state index in [0.717, 1.165) is 0 Å². The van der Waals surface area contributed by atoms with E-state index < -0.39 is 0 Å². The van der Waals surface area contributed by atoms with Gasteiger partial charge in [0.25, 0.3) is 0 Å². The molecular formula is C8H14ClNO2. The van der Waals surface area contributed by atoms with Gasteiger partial charge in [0.15, 0.2) is 0 Å². The average molecular weight is 192 g/mol. The molecule has 0 radical (unpaired) electrons. The maximum atomic E-state index is 11.0. The van der Waals surface area contributed by atoms with E-state index in [-0.39, 0.29) is 5.97 Å². The molecule has 0 spiro atoms. The van der Waals surface area contributed by atoms with Crippen LogP contribution in [0, 0.1) is 0 Å². The molecule has 0 aliphatic heterocycles. The van der Waals surface area contributed by atoms with Gasteiger partial charge in [0.05, 0.1) is 0 Å². The summed E-state index contributed by atoms with van der Waals surface area (Å²) in [5, 5.41) is 2.87. The highest BCUT2D eigenvalue weighted by atomic mass is 35.5. The molecule has 0 saturated heterocycles. The van der Waals surface area contributed by atoms with Crippen molar-refractivity contribution in [1.82, 2.24) is 5.32 Å². The zero-order valence-corrected chi connectivity index (χ0v) is 8.15. The van der Waals surface area contributed by atoms with Gasteiger partial charge in [0.2, 0.25) is 0 Å². The number of nitrogens with one attached hydrogen (secondary N) is 1. The summed E-state index contributed by atoms with van der Waals surface area (Å²) in [6, 6.07) is 0. The zero-order chi connectivity index (χ0) is 9.40. The highest BCUT2D eigenvalue weighted by Gasteiger charge is 2.03. The summed E-state index contributed by atoms with van der Waals surface area (Å²) in [6.45, 7) is 2.74. The second kappa shape index (κ2) is 7.13. The Morgan fingerprint density at radius 2 is 2.33 bits per heavy atom. The molecule has 70 valence electrons. The third-order valence-corrected chi connectivity index (χ3v) is 1.44. The highest BCUT2D eigenvalue weighted by Crippen LogP contribution is 1.96. The van der Waals surface area contributed by atoms with Crippen LogP contribution in [0.1, 0.15) is 6.92 Å². The first-order valence-electron chi connectivity index (χ1n) is 3.76. The van der Waals surface area contributed by atoms with Gasteiger partial charge < -0.3 is 10.1 Å². The van der Waals surface area contributed by atoms with Gasteiger partial charge in [-0.2, -0.15) is 0 Å². The molecule has 0 aromatic heterocycles.